The number of hydrogen-bond donors (Lipinski definition) is 1. The van der Waals surface area contributed by atoms with Gasteiger partial charge >= 0.3 is 0 Å². The zero-order valence-corrected chi connectivity index (χ0v) is 13.0. The van der Waals surface area contributed by atoms with Crippen molar-refractivity contribution in [3.63, 3.8) is 0 Å². The van der Waals surface area contributed by atoms with Crippen molar-refractivity contribution in [2.75, 3.05) is 0 Å². The summed E-state index contributed by atoms with van der Waals surface area (Å²) in [7, 11) is 0. The first-order valence-electron chi connectivity index (χ1n) is 7.78. The van der Waals surface area contributed by atoms with Crippen LogP contribution in [0.25, 0.3) is 0 Å². The van der Waals surface area contributed by atoms with Gasteiger partial charge in [-0.25, -0.2) is 0 Å². The van der Waals surface area contributed by atoms with E-state index in [-0.39, 0.29) is 0 Å². The van der Waals surface area contributed by atoms with Crippen LogP contribution in [-0.4, -0.2) is 4.57 Å². The first-order valence-corrected chi connectivity index (χ1v) is 8.66. The fraction of sp³-hybridized carbons (Fsp3) is 0.529. The minimum atomic E-state index is 0.544. The van der Waals surface area contributed by atoms with Gasteiger partial charge in [-0.15, -0.1) is 11.3 Å². The second kappa shape index (κ2) is 6.59. The normalized spacial score (nSPS) is 17.6. The minimum absolute atomic E-state index is 0.544. The van der Waals surface area contributed by atoms with E-state index in [4.69, 9.17) is 0 Å². The highest BCUT2D eigenvalue weighted by Crippen LogP contribution is 2.37. The zero-order valence-electron chi connectivity index (χ0n) is 12.2. The monoisotopic (exact) mass is 288 g/mol. The molecule has 1 fully saturated rings. The number of hydrogen-bond acceptors (Lipinski definition) is 2. The van der Waals surface area contributed by atoms with Crippen LogP contribution in [0.2, 0.25) is 0 Å². The molecule has 1 N–H and O–H groups in total. The molecule has 1 atom stereocenters. The topological polar surface area (TPSA) is 17.0 Å². The van der Waals surface area contributed by atoms with Crippen LogP contribution in [0.15, 0.2) is 36.0 Å². The summed E-state index contributed by atoms with van der Waals surface area (Å²) in [6.07, 6.45) is 10.00. The smallest absolute Gasteiger partial charge is 0.0446 e. The number of nitrogens with zero attached hydrogens (tertiary/aromatic N) is 1. The van der Waals surface area contributed by atoms with Gasteiger partial charge in [0.15, 0.2) is 0 Å². The third-order valence-corrected chi connectivity index (χ3v) is 5.38. The predicted molar refractivity (Wildman–Crippen MR) is 86.0 cm³/mol. The molecule has 1 unspecified atom stereocenters. The lowest BCUT2D eigenvalue weighted by atomic mass is 9.96. The van der Waals surface area contributed by atoms with Gasteiger partial charge in [0.05, 0.1) is 0 Å². The van der Waals surface area contributed by atoms with Crippen LogP contribution in [0.5, 0.6) is 0 Å². The Kier molecular flexibility index (Phi) is 4.58. The van der Waals surface area contributed by atoms with Crippen molar-refractivity contribution in [3.05, 3.63) is 46.4 Å². The van der Waals surface area contributed by atoms with Crippen molar-refractivity contribution < 1.29 is 0 Å². The number of thiophene rings is 1. The van der Waals surface area contributed by atoms with Crippen LogP contribution >= 0.6 is 11.3 Å². The van der Waals surface area contributed by atoms with Gasteiger partial charge in [0.2, 0.25) is 0 Å². The van der Waals surface area contributed by atoms with E-state index in [0.29, 0.717) is 6.04 Å². The van der Waals surface area contributed by atoms with Gasteiger partial charge in [0.1, 0.15) is 0 Å². The average Bonchev–Trinajstić information content (AvgIpc) is 3.22. The summed E-state index contributed by atoms with van der Waals surface area (Å²) in [5, 5.41) is 6.02. The Morgan fingerprint density at radius 1 is 1.35 bits per heavy atom. The Morgan fingerprint density at radius 2 is 2.20 bits per heavy atom. The Labute approximate surface area is 125 Å². The third-order valence-electron chi connectivity index (χ3n) is 4.42. The molecule has 1 aliphatic rings. The molecular formula is C17H24N2S. The van der Waals surface area contributed by atoms with Gasteiger partial charge in [-0.3, -0.25) is 0 Å². The SMILES string of the molecule is CCn1ccc(CNC(c2cccs2)C2CCCC2)c1. The fourth-order valence-electron chi connectivity index (χ4n) is 3.28. The molecule has 2 aromatic rings. The van der Waals surface area contributed by atoms with E-state index in [0.717, 1.165) is 19.0 Å². The maximum atomic E-state index is 3.81. The summed E-state index contributed by atoms with van der Waals surface area (Å²) in [4.78, 5) is 1.51. The molecule has 0 amide bonds. The molecule has 0 spiro atoms. The third kappa shape index (κ3) is 3.15. The van der Waals surface area contributed by atoms with Crippen LogP contribution in [-0.2, 0) is 13.1 Å². The second-order valence-corrected chi connectivity index (χ2v) is 6.75. The molecule has 2 aromatic heterocycles. The predicted octanol–water partition coefficient (Wildman–Crippen LogP) is 4.59. The summed E-state index contributed by atoms with van der Waals surface area (Å²) in [5.74, 6) is 0.821. The maximum Gasteiger partial charge on any atom is 0.0446 e. The molecular weight excluding hydrogens is 264 g/mol. The lowest BCUT2D eigenvalue weighted by Gasteiger charge is -2.23. The molecule has 0 aromatic carbocycles. The van der Waals surface area contributed by atoms with Gasteiger partial charge < -0.3 is 9.88 Å². The Bertz CT molecular complexity index is 509. The molecule has 3 heteroatoms. The lowest BCUT2D eigenvalue weighted by molar-refractivity contribution is 0.371. The van der Waals surface area contributed by atoms with Crippen molar-refractivity contribution in [1.29, 1.82) is 0 Å². The molecule has 0 aliphatic heterocycles. The molecule has 2 nitrogen and oxygen atoms in total. The van der Waals surface area contributed by atoms with Crippen molar-refractivity contribution in [1.82, 2.24) is 9.88 Å². The maximum absolute atomic E-state index is 3.81. The van der Waals surface area contributed by atoms with Crippen molar-refractivity contribution in [2.45, 2.75) is 51.7 Å². The Morgan fingerprint density at radius 3 is 2.85 bits per heavy atom. The summed E-state index contributed by atoms with van der Waals surface area (Å²) >= 11 is 1.90. The molecule has 3 rings (SSSR count). The highest BCUT2D eigenvalue weighted by molar-refractivity contribution is 7.10. The van der Waals surface area contributed by atoms with Gasteiger partial charge in [-0.2, -0.15) is 0 Å². The van der Waals surface area contributed by atoms with Crippen LogP contribution in [0.1, 0.15) is 49.1 Å². The van der Waals surface area contributed by atoms with Gasteiger partial charge in [-0.1, -0.05) is 18.9 Å². The average molecular weight is 288 g/mol. The quantitative estimate of drug-likeness (QED) is 0.822. The number of aromatic nitrogens is 1. The number of rotatable bonds is 6. The molecule has 2 heterocycles. The summed E-state index contributed by atoms with van der Waals surface area (Å²) in [6.45, 7) is 4.22. The lowest BCUT2D eigenvalue weighted by Crippen LogP contribution is -2.26. The number of aryl methyl sites for hydroxylation is 1. The molecule has 0 bridgehead atoms. The first kappa shape index (κ1) is 13.9. The fourth-order valence-corrected chi connectivity index (χ4v) is 4.17. The van der Waals surface area contributed by atoms with E-state index >= 15 is 0 Å². The summed E-state index contributed by atoms with van der Waals surface area (Å²) in [6, 6.07) is 7.24. The van der Waals surface area contributed by atoms with Crippen LogP contribution in [0.3, 0.4) is 0 Å². The standard InChI is InChI=1S/C17H24N2S/c1-2-19-10-9-14(13-19)12-18-17(15-6-3-4-7-15)16-8-5-11-20-16/h5,8-11,13,15,17-18H,2-4,6-7,12H2,1H3. The molecule has 1 aliphatic carbocycles. The van der Waals surface area contributed by atoms with Crippen LogP contribution in [0.4, 0.5) is 0 Å². The molecule has 0 saturated heterocycles. The zero-order chi connectivity index (χ0) is 13.8. The Balaban J connectivity index is 1.66. The van der Waals surface area contributed by atoms with Crippen LogP contribution in [0, 0.1) is 5.92 Å². The second-order valence-electron chi connectivity index (χ2n) is 5.77. The van der Waals surface area contributed by atoms with Gasteiger partial charge in [-0.05, 0) is 48.8 Å². The van der Waals surface area contributed by atoms with E-state index in [1.165, 1.54) is 36.1 Å². The molecule has 20 heavy (non-hydrogen) atoms. The molecule has 1 saturated carbocycles. The minimum Gasteiger partial charge on any atom is -0.354 e. The Hall–Kier alpha value is -1.06. The van der Waals surface area contributed by atoms with Crippen molar-refractivity contribution >= 4 is 11.3 Å². The molecule has 0 radical (unpaired) electrons. The summed E-state index contributed by atoms with van der Waals surface area (Å²) in [5.41, 5.74) is 1.39. The summed E-state index contributed by atoms with van der Waals surface area (Å²) < 4.78 is 2.24. The van der Waals surface area contributed by atoms with Crippen molar-refractivity contribution in [2.24, 2.45) is 5.92 Å². The van der Waals surface area contributed by atoms with E-state index < -0.39 is 0 Å². The number of nitrogens with one attached hydrogen (secondary N) is 1. The van der Waals surface area contributed by atoms with Gasteiger partial charge in [0.25, 0.3) is 0 Å². The van der Waals surface area contributed by atoms with E-state index in [2.05, 4.69) is 52.8 Å². The first-order chi connectivity index (χ1) is 9.86. The van der Waals surface area contributed by atoms with E-state index in [1.807, 2.05) is 11.3 Å². The highest BCUT2D eigenvalue weighted by Gasteiger charge is 2.26. The highest BCUT2D eigenvalue weighted by atomic mass is 32.1. The largest absolute Gasteiger partial charge is 0.354 e. The van der Waals surface area contributed by atoms with E-state index in [1.54, 1.807) is 0 Å². The van der Waals surface area contributed by atoms with E-state index in [9.17, 15) is 0 Å². The van der Waals surface area contributed by atoms with Crippen LogP contribution < -0.4 is 5.32 Å². The van der Waals surface area contributed by atoms with Gasteiger partial charge in [0, 0.05) is 36.4 Å². The molecule has 108 valence electrons. The van der Waals surface area contributed by atoms with Crippen molar-refractivity contribution in [3.8, 4) is 0 Å².